The van der Waals surface area contributed by atoms with Crippen molar-refractivity contribution in [3.8, 4) is 11.4 Å². The third-order valence-corrected chi connectivity index (χ3v) is 11.0. The molecule has 2 aromatic carbocycles. The van der Waals surface area contributed by atoms with Crippen molar-refractivity contribution < 1.29 is 0 Å². The molecule has 10 rings (SSSR count). The number of nitrogens with one attached hydrogen (secondary N) is 2. The van der Waals surface area contributed by atoms with Crippen LogP contribution >= 0.6 is 0 Å². The molecule has 5 nitrogen and oxygen atoms in total. The van der Waals surface area contributed by atoms with E-state index in [1.807, 2.05) is 24.5 Å². The van der Waals surface area contributed by atoms with Crippen LogP contribution in [0.4, 0.5) is 0 Å². The summed E-state index contributed by atoms with van der Waals surface area (Å²) in [4.78, 5) is 22.6. The first-order chi connectivity index (χ1) is 18.2. The van der Waals surface area contributed by atoms with Crippen LogP contribution < -0.4 is 0 Å². The molecule has 5 heteroatoms. The predicted octanol–water partition coefficient (Wildman–Crippen LogP) is 7.28. The van der Waals surface area contributed by atoms with Gasteiger partial charge in [-0.05, 0) is 92.0 Å². The van der Waals surface area contributed by atoms with Gasteiger partial charge in [-0.3, -0.25) is 9.97 Å². The molecule has 4 fully saturated rings. The molecule has 5 atom stereocenters. The summed E-state index contributed by atoms with van der Waals surface area (Å²) in [5.74, 6) is 3.76. The first kappa shape index (κ1) is 19.4. The number of H-pyrrole nitrogens is 2. The Morgan fingerprint density at radius 3 is 2.41 bits per heavy atom. The fourth-order valence-electron chi connectivity index (χ4n) is 10.0. The Hall–Kier alpha value is -3.73. The minimum atomic E-state index is 0.272. The molecule has 0 aliphatic heterocycles. The smallest absolute Gasteiger partial charge is 0.141 e. The van der Waals surface area contributed by atoms with Crippen molar-refractivity contribution in [2.75, 3.05) is 0 Å². The van der Waals surface area contributed by atoms with Crippen molar-refractivity contribution in [1.29, 1.82) is 0 Å². The Balaban J connectivity index is 1.30. The molecule has 4 aliphatic carbocycles. The highest BCUT2D eigenvalue weighted by Gasteiger charge is 2.75. The zero-order valence-electron chi connectivity index (χ0n) is 20.6. The summed E-state index contributed by atoms with van der Waals surface area (Å²) >= 11 is 0. The Labute approximate surface area is 213 Å². The van der Waals surface area contributed by atoms with Gasteiger partial charge in [0.25, 0.3) is 0 Å². The van der Waals surface area contributed by atoms with Crippen LogP contribution in [0.2, 0.25) is 0 Å². The monoisotopic (exact) mass is 481 g/mol. The van der Waals surface area contributed by atoms with Gasteiger partial charge in [0.05, 0.1) is 22.1 Å². The average molecular weight is 482 g/mol. The van der Waals surface area contributed by atoms with Gasteiger partial charge in [-0.25, -0.2) is 4.98 Å². The van der Waals surface area contributed by atoms with E-state index in [1.54, 1.807) is 0 Å². The number of imidazole rings is 1. The zero-order chi connectivity index (χ0) is 23.9. The average Bonchev–Trinajstić information content (AvgIpc) is 3.62. The second kappa shape index (κ2) is 6.21. The van der Waals surface area contributed by atoms with E-state index in [9.17, 15) is 0 Å². The van der Waals surface area contributed by atoms with E-state index in [2.05, 4.69) is 46.4 Å². The topological polar surface area (TPSA) is 70.2 Å². The second-order valence-corrected chi connectivity index (χ2v) is 12.5. The molecule has 0 saturated heterocycles. The van der Waals surface area contributed by atoms with Crippen LogP contribution in [0.15, 0.2) is 60.9 Å². The van der Waals surface area contributed by atoms with Crippen LogP contribution in [-0.2, 0) is 5.41 Å². The molecule has 6 aromatic rings. The van der Waals surface area contributed by atoms with E-state index < -0.39 is 0 Å². The predicted molar refractivity (Wildman–Crippen MR) is 146 cm³/mol. The Kier molecular flexibility index (Phi) is 3.26. The van der Waals surface area contributed by atoms with Gasteiger partial charge in [0, 0.05) is 50.7 Å². The Morgan fingerprint density at radius 2 is 1.49 bits per heavy atom. The minimum Gasteiger partial charge on any atom is -0.357 e. The van der Waals surface area contributed by atoms with Crippen molar-refractivity contribution in [2.45, 2.75) is 43.9 Å². The maximum Gasteiger partial charge on any atom is 0.141 e. The van der Waals surface area contributed by atoms with Crippen LogP contribution in [0.25, 0.3) is 55.1 Å². The summed E-state index contributed by atoms with van der Waals surface area (Å²) in [7, 11) is 0. The van der Waals surface area contributed by atoms with Crippen LogP contribution in [0.3, 0.4) is 0 Å². The summed E-state index contributed by atoms with van der Waals surface area (Å²) in [6.45, 7) is 0. The molecule has 0 radical (unpaired) electrons. The van der Waals surface area contributed by atoms with Crippen molar-refractivity contribution in [3.63, 3.8) is 0 Å². The maximum atomic E-state index is 5.37. The number of nitrogens with zero attached hydrogens (tertiary/aromatic N) is 3. The molecule has 4 aromatic heterocycles. The van der Waals surface area contributed by atoms with E-state index in [0.717, 1.165) is 56.4 Å². The summed E-state index contributed by atoms with van der Waals surface area (Å²) in [6, 6.07) is 17.1. The number of rotatable bonds is 2. The molecule has 2 N–H and O–H groups in total. The van der Waals surface area contributed by atoms with Crippen molar-refractivity contribution in [1.82, 2.24) is 24.9 Å². The Bertz CT molecular complexity index is 1870. The number of hydrogen-bond donors (Lipinski definition) is 2. The third kappa shape index (κ3) is 2.11. The van der Waals surface area contributed by atoms with Crippen molar-refractivity contribution >= 4 is 43.7 Å². The molecule has 180 valence electrons. The second-order valence-electron chi connectivity index (χ2n) is 12.5. The number of pyridine rings is 2. The lowest BCUT2D eigenvalue weighted by atomic mass is 9.45. The lowest BCUT2D eigenvalue weighted by molar-refractivity contribution is -0.0374. The molecular weight excluding hydrogens is 454 g/mol. The fourth-order valence-corrected chi connectivity index (χ4v) is 10.0. The largest absolute Gasteiger partial charge is 0.357 e. The fraction of sp³-hybridized carbons (Fsp3) is 0.344. The molecule has 5 unspecified atom stereocenters. The number of aromatic nitrogens is 5. The van der Waals surface area contributed by atoms with E-state index in [-0.39, 0.29) is 5.41 Å². The highest BCUT2D eigenvalue weighted by atomic mass is 15.0. The van der Waals surface area contributed by atoms with Gasteiger partial charge < -0.3 is 9.97 Å². The molecule has 4 saturated carbocycles. The molecule has 4 aliphatic rings. The van der Waals surface area contributed by atoms with E-state index in [1.165, 1.54) is 60.7 Å². The van der Waals surface area contributed by atoms with Crippen LogP contribution in [-0.4, -0.2) is 24.9 Å². The van der Waals surface area contributed by atoms with Crippen LogP contribution in [0, 0.1) is 23.2 Å². The van der Waals surface area contributed by atoms with Gasteiger partial charge in [-0.2, -0.15) is 0 Å². The van der Waals surface area contributed by atoms with Gasteiger partial charge in [-0.1, -0.05) is 18.2 Å². The Morgan fingerprint density at radius 1 is 0.703 bits per heavy atom. The molecule has 0 amide bonds. The lowest BCUT2D eigenvalue weighted by Gasteiger charge is -2.59. The highest BCUT2D eigenvalue weighted by Crippen LogP contribution is 2.81. The summed E-state index contributed by atoms with van der Waals surface area (Å²) in [5, 5.41) is 3.43. The van der Waals surface area contributed by atoms with Crippen molar-refractivity contribution in [2.24, 2.45) is 23.2 Å². The lowest BCUT2D eigenvalue weighted by Crippen LogP contribution is -2.55. The molecule has 1 spiro atoms. The number of benzene rings is 2. The normalized spacial score (nSPS) is 31.6. The van der Waals surface area contributed by atoms with Crippen molar-refractivity contribution in [3.05, 3.63) is 66.6 Å². The number of aromatic amines is 2. The van der Waals surface area contributed by atoms with Gasteiger partial charge in [0.1, 0.15) is 5.82 Å². The number of hydrogen-bond acceptors (Lipinski definition) is 3. The highest BCUT2D eigenvalue weighted by molar-refractivity contribution is 6.21. The quantitative estimate of drug-likeness (QED) is 0.255. The minimum absolute atomic E-state index is 0.272. The molecule has 37 heavy (non-hydrogen) atoms. The third-order valence-electron chi connectivity index (χ3n) is 11.0. The van der Waals surface area contributed by atoms with Crippen LogP contribution in [0.1, 0.15) is 44.2 Å². The summed E-state index contributed by atoms with van der Waals surface area (Å²) in [6.07, 6.45) is 12.2. The first-order valence-corrected chi connectivity index (χ1v) is 13.9. The summed E-state index contributed by atoms with van der Waals surface area (Å²) in [5.41, 5.74) is 8.67. The molecule has 4 heterocycles. The zero-order valence-corrected chi connectivity index (χ0v) is 20.6. The van der Waals surface area contributed by atoms with Crippen LogP contribution in [0.5, 0.6) is 0 Å². The van der Waals surface area contributed by atoms with E-state index >= 15 is 0 Å². The maximum absolute atomic E-state index is 5.37. The van der Waals surface area contributed by atoms with Gasteiger partial charge >= 0.3 is 0 Å². The molecule has 3 bridgehead atoms. The summed E-state index contributed by atoms with van der Waals surface area (Å²) < 4.78 is 0. The van der Waals surface area contributed by atoms with E-state index in [0.29, 0.717) is 5.41 Å². The van der Waals surface area contributed by atoms with Gasteiger partial charge in [0.2, 0.25) is 0 Å². The molecular formula is C32H27N5. The SMILES string of the molecule is c1ccc2c(-c3nc4c5cccnc5c5ncccc5c4[nH]3)c(C34CC5CC6CC(C3)C4(C6)C5)[nH]c2c1. The number of fused-ring (bicyclic) bond motifs is 9. The number of para-hydroxylation sites is 1. The van der Waals surface area contributed by atoms with Gasteiger partial charge in [-0.15, -0.1) is 0 Å². The first-order valence-electron chi connectivity index (χ1n) is 13.9. The standard InChI is InChI=1S/C32H27N5/c1-2-8-23-20(5-1)24(29(35-23)32-15-18-11-17-12-19(16-32)31(32,13-17)14-18)30-36-27-21-6-3-9-33-25(21)26-22(28(27)37-30)7-4-10-34-26/h1-10,17-19,35H,11-16H2,(H,36,37). The van der Waals surface area contributed by atoms with E-state index in [4.69, 9.17) is 15.0 Å². The van der Waals surface area contributed by atoms with Gasteiger partial charge in [0.15, 0.2) is 0 Å².